The van der Waals surface area contributed by atoms with Crippen molar-refractivity contribution in [3.8, 4) is 0 Å². The Bertz CT molecular complexity index is 104. The van der Waals surface area contributed by atoms with Crippen molar-refractivity contribution in [2.24, 2.45) is 11.5 Å². The van der Waals surface area contributed by atoms with Gasteiger partial charge in [-0.1, -0.05) is 13.8 Å². The summed E-state index contributed by atoms with van der Waals surface area (Å²) in [6.07, 6.45) is 2.69. The van der Waals surface area contributed by atoms with Crippen LogP contribution < -0.4 is 11.5 Å². The van der Waals surface area contributed by atoms with Crippen molar-refractivity contribution in [1.29, 1.82) is 0 Å². The summed E-state index contributed by atoms with van der Waals surface area (Å²) in [6, 6.07) is -0.272. The first kappa shape index (κ1) is 13.2. The second-order valence-corrected chi connectivity index (χ2v) is 2.50. The highest BCUT2D eigenvalue weighted by atomic mass is 16.1. The van der Waals surface area contributed by atoms with E-state index >= 15 is 0 Å². The molecule has 0 radical (unpaired) electrons. The van der Waals surface area contributed by atoms with E-state index in [4.69, 9.17) is 11.5 Å². The van der Waals surface area contributed by atoms with Crippen LogP contribution in [-0.4, -0.2) is 18.4 Å². The predicted octanol–water partition coefficient (Wildman–Crippen LogP) is 0.668. The number of carbonyl (C=O) groups excluding carboxylic acids is 1. The molecule has 0 aliphatic carbocycles. The third kappa shape index (κ3) is 7.49. The number of ketones is 1. The van der Waals surface area contributed by atoms with Crippen molar-refractivity contribution >= 4 is 5.78 Å². The average molecular weight is 160 g/mol. The number of unbranched alkanes of at least 4 members (excludes halogenated alkanes) is 1. The van der Waals surface area contributed by atoms with Gasteiger partial charge < -0.3 is 11.5 Å². The average Bonchev–Trinajstić information content (AvgIpc) is 1.88. The zero-order valence-corrected chi connectivity index (χ0v) is 6.47. The van der Waals surface area contributed by atoms with Gasteiger partial charge in [0.1, 0.15) is 5.78 Å². The fourth-order valence-corrected chi connectivity index (χ4v) is 0.712. The Morgan fingerprint density at radius 3 is 2.36 bits per heavy atom. The van der Waals surface area contributed by atoms with E-state index in [1.165, 1.54) is 6.92 Å². The highest BCUT2D eigenvalue weighted by molar-refractivity contribution is 5.80. The molecule has 0 aliphatic heterocycles. The molecule has 1 atom stereocenters. The molecule has 0 saturated heterocycles. The van der Waals surface area contributed by atoms with Gasteiger partial charge in [0.25, 0.3) is 0 Å². The van der Waals surface area contributed by atoms with Gasteiger partial charge in [-0.15, -0.1) is 0 Å². The summed E-state index contributed by atoms with van der Waals surface area (Å²) in [7, 11) is 0. The standard InChI is InChI=1S/C7H16N2O.CH4/c1-6(10)7(9)4-2-3-5-8;/h7H,2-5,8-9H2,1H3;1H4/t7-;/m0./s1. The van der Waals surface area contributed by atoms with Crippen LogP contribution in [0.25, 0.3) is 0 Å². The van der Waals surface area contributed by atoms with Crippen LogP contribution in [0.4, 0.5) is 0 Å². The molecule has 0 amide bonds. The van der Waals surface area contributed by atoms with Crippen molar-refractivity contribution < 1.29 is 4.79 Å². The Kier molecular flexibility index (Phi) is 9.23. The Balaban J connectivity index is 0. The van der Waals surface area contributed by atoms with Crippen LogP contribution in [0.1, 0.15) is 33.6 Å². The van der Waals surface area contributed by atoms with Crippen molar-refractivity contribution in [3.63, 3.8) is 0 Å². The minimum Gasteiger partial charge on any atom is -0.330 e. The van der Waals surface area contributed by atoms with E-state index in [9.17, 15) is 4.79 Å². The fraction of sp³-hybridized carbons (Fsp3) is 0.875. The fourth-order valence-electron chi connectivity index (χ4n) is 0.712. The zero-order chi connectivity index (χ0) is 7.98. The molecule has 0 rings (SSSR count). The minimum atomic E-state index is -0.272. The summed E-state index contributed by atoms with van der Waals surface area (Å²) >= 11 is 0. The van der Waals surface area contributed by atoms with Crippen LogP contribution in [0.5, 0.6) is 0 Å². The van der Waals surface area contributed by atoms with Gasteiger partial charge >= 0.3 is 0 Å². The summed E-state index contributed by atoms with van der Waals surface area (Å²) in [4.78, 5) is 10.6. The lowest BCUT2D eigenvalue weighted by molar-refractivity contribution is -0.118. The maximum absolute atomic E-state index is 10.6. The third-order valence-electron chi connectivity index (χ3n) is 1.49. The van der Waals surface area contributed by atoms with Gasteiger partial charge in [-0.25, -0.2) is 0 Å². The molecular weight excluding hydrogens is 140 g/mol. The molecule has 11 heavy (non-hydrogen) atoms. The predicted molar refractivity (Wildman–Crippen MR) is 48.3 cm³/mol. The summed E-state index contributed by atoms with van der Waals surface area (Å²) < 4.78 is 0. The molecule has 4 N–H and O–H groups in total. The second-order valence-electron chi connectivity index (χ2n) is 2.50. The quantitative estimate of drug-likeness (QED) is 0.581. The van der Waals surface area contributed by atoms with Crippen molar-refractivity contribution in [1.82, 2.24) is 0 Å². The number of nitrogens with two attached hydrogens (primary N) is 2. The molecule has 0 aromatic heterocycles. The van der Waals surface area contributed by atoms with Crippen molar-refractivity contribution in [3.05, 3.63) is 0 Å². The number of Topliss-reactive ketones (excluding diaryl/α,β-unsaturated/α-hetero) is 1. The SMILES string of the molecule is C.CC(=O)[C@@H](N)CCCCN. The zero-order valence-electron chi connectivity index (χ0n) is 6.47. The molecule has 0 saturated carbocycles. The van der Waals surface area contributed by atoms with Crippen LogP contribution in [0.15, 0.2) is 0 Å². The van der Waals surface area contributed by atoms with Crippen molar-refractivity contribution in [2.45, 2.75) is 39.7 Å². The van der Waals surface area contributed by atoms with E-state index in [2.05, 4.69) is 0 Å². The smallest absolute Gasteiger partial charge is 0.146 e. The molecule has 0 unspecified atom stereocenters. The molecule has 3 heteroatoms. The number of hydrogen-bond acceptors (Lipinski definition) is 3. The van der Waals surface area contributed by atoms with Crippen LogP contribution in [-0.2, 0) is 4.79 Å². The first-order valence-corrected chi connectivity index (χ1v) is 3.64. The Hall–Kier alpha value is -0.410. The monoisotopic (exact) mass is 160 g/mol. The second kappa shape index (κ2) is 7.69. The molecule has 0 heterocycles. The lowest BCUT2D eigenvalue weighted by Gasteiger charge is -2.05. The van der Waals surface area contributed by atoms with Gasteiger partial charge in [-0.3, -0.25) is 4.79 Å². The number of carbonyl (C=O) groups is 1. The number of hydrogen-bond donors (Lipinski definition) is 2. The summed E-state index contributed by atoms with van der Waals surface area (Å²) in [5.41, 5.74) is 10.7. The van der Waals surface area contributed by atoms with Gasteiger partial charge in [-0.2, -0.15) is 0 Å². The molecule has 0 bridgehead atoms. The lowest BCUT2D eigenvalue weighted by Crippen LogP contribution is -2.28. The normalized spacial score (nSPS) is 11.9. The molecule has 68 valence electrons. The molecule has 0 fully saturated rings. The van der Waals surface area contributed by atoms with E-state index in [0.717, 1.165) is 19.3 Å². The van der Waals surface area contributed by atoms with Crippen LogP contribution >= 0.6 is 0 Å². The number of rotatable bonds is 5. The topological polar surface area (TPSA) is 69.1 Å². The minimum absolute atomic E-state index is 0. The first-order valence-electron chi connectivity index (χ1n) is 3.64. The van der Waals surface area contributed by atoms with Gasteiger partial charge in [0.2, 0.25) is 0 Å². The maximum Gasteiger partial charge on any atom is 0.146 e. The summed E-state index contributed by atoms with van der Waals surface area (Å²) in [5.74, 6) is 0.0667. The summed E-state index contributed by atoms with van der Waals surface area (Å²) in [5, 5.41) is 0. The van der Waals surface area contributed by atoms with Gasteiger partial charge in [0.15, 0.2) is 0 Å². The van der Waals surface area contributed by atoms with E-state index in [1.807, 2.05) is 0 Å². The summed E-state index contributed by atoms with van der Waals surface area (Å²) in [6.45, 7) is 2.21. The Labute approximate surface area is 69.1 Å². The molecule has 0 aromatic carbocycles. The highest BCUT2D eigenvalue weighted by Gasteiger charge is 2.05. The first-order chi connectivity index (χ1) is 4.68. The van der Waals surface area contributed by atoms with Crippen molar-refractivity contribution in [2.75, 3.05) is 6.54 Å². The van der Waals surface area contributed by atoms with Crippen LogP contribution in [0, 0.1) is 0 Å². The van der Waals surface area contributed by atoms with Gasteiger partial charge in [0.05, 0.1) is 6.04 Å². The molecule has 0 aliphatic rings. The Morgan fingerprint density at radius 1 is 1.45 bits per heavy atom. The van der Waals surface area contributed by atoms with Crippen LogP contribution in [0.2, 0.25) is 0 Å². The van der Waals surface area contributed by atoms with Crippen LogP contribution in [0.3, 0.4) is 0 Å². The third-order valence-corrected chi connectivity index (χ3v) is 1.49. The maximum atomic E-state index is 10.6. The van der Waals surface area contributed by atoms with E-state index in [-0.39, 0.29) is 19.3 Å². The Morgan fingerprint density at radius 2 is 2.00 bits per heavy atom. The van der Waals surface area contributed by atoms with Gasteiger partial charge in [-0.05, 0) is 26.3 Å². The van der Waals surface area contributed by atoms with Gasteiger partial charge in [0, 0.05) is 0 Å². The van der Waals surface area contributed by atoms with E-state index < -0.39 is 0 Å². The lowest BCUT2D eigenvalue weighted by atomic mass is 10.1. The molecule has 0 spiro atoms. The molecule has 3 nitrogen and oxygen atoms in total. The van der Waals surface area contributed by atoms with E-state index in [0.29, 0.717) is 6.54 Å². The largest absolute Gasteiger partial charge is 0.330 e. The van der Waals surface area contributed by atoms with E-state index in [1.54, 1.807) is 0 Å². The molecular formula is C8H20N2O. The molecule has 0 aromatic rings. The highest BCUT2D eigenvalue weighted by Crippen LogP contribution is 1.97.